The topological polar surface area (TPSA) is 166 Å². The summed E-state index contributed by atoms with van der Waals surface area (Å²) in [5, 5.41) is 0.139. The molecule has 2 rings (SSSR count). The SMILES string of the molecule is Cc1cc(N)c(Cl)cc1S(=O)(=O)[O-].Cc1cc(N)c(Cl)cc1S(=O)(=O)[O-].[Ca+2]. The van der Waals surface area contributed by atoms with Crippen LogP contribution in [-0.2, 0) is 20.2 Å². The maximum atomic E-state index is 10.7. The van der Waals surface area contributed by atoms with E-state index in [1.165, 1.54) is 26.0 Å². The maximum Gasteiger partial charge on any atom is 2.00 e. The first-order valence-corrected chi connectivity index (χ1v) is 10.2. The molecule has 0 aliphatic carbocycles. The summed E-state index contributed by atoms with van der Waals surface area (Å²) in [6.07, 6.45) is 0. The van der Waals surface area contributed by atoms with Gasteiger partial charge in [-0.2, -0.15) is 0 Å². The second-order valence-electron chi connectivity index (χ2n) is 5.19. The number of hydrogen-bond donors (Lipinski definition) is 2. The van der Waals surface area contributed by atoms with Gasteiger partial charge in [-0.05, 0) is 49.2 Å². The zero-order chi connectivity index (χ0) is 20.4. The quantitative estimate of drug-likeness (QED) is 0.373. The Labute approximate surface area is 197 Å². The summed E-state index contributed by atoms with van der Waals surface area (Å²) >= 11 is 11.1. The molecule has 0 amide bonds. The minimum absolute atomic E-state index is 0. The van der Waals surface area contributed by atoms with E-state index in [1.807, 2.05) is 0 Å². The largest absolute Gasteiger partial charge is 2.00 e. The number of anilines is 2. The first-order chi connectivity index (χ1) is 11.6. The van der Waals surface area contributed by atoms with Crippen LogP contribution in [0.3, 0.4) is 0 Å². The van der Waals surface area contributed by atoms with Gasteiger partial charge in [-0.1, -0.05) is 23.2 Å². The van der Waals surface area contributed by atoms with Gasteiger partial charge in [0.25, 0.3) is 0 Å². The molecule has 0 aliphatic heterocycles. The van der Waals surface area contributed by atoms with E-state index in [0.29, 0.717) is 11.1 Å². The van der Waals surface area contributed by atoms with E-state index in [0.717, 1.165) is 12.1 Å². The van der Waals surface area contributed by atoms with Crippen LogP contribution >= 0.6 is 23.2 Å². The molecule has 0 radical (unpaired) electrons. The van der Waals surface area contributed by atoms with Gasteiger partial charge in [0.15, 0.2) is 0 Å². The van der Waals surface area contributed by atoms with Crippen LogP contribution in [0.15, 0.2) is 34.1 Å². The molecule has 0 unspecified atom stereocenters. The summed E-state index contributed by atoms with van der Waals surface area (Å²) < 4.78 is 64.0. The van der Waals surface area contributed by atoms with Crippen LogP contribution < -0.4 is 11.5 Å². The normalized spacial score (nSPS) is 11.2. The predicted molar refractivity (Wildman–Crippen MR) is 103 cm³/mol. The zero-order valence-corrected chi connectivity index (χ0v) is 19.5. The first kappa shape index (κ1) is 26.7. The summed E-state index contributed by atoms with van der Waals surface area (Å²) in [6.45, 7) is 2.97. The standard InChI is InChI=1S/2C7H8ClNO3S.Ca/c2*1-4-2-6(9)5(8)3-7(4)13(10,11)12;/h2*2-3H,9H2,1H3,(H,10,11,12);/q;;+2/p-2. The van der Waals surface area contributed by atoms with Gasteiger partial charge in [-0.15, -0.1) is 0 Å². The third-order valence-corrected chi connectivity index (χ3v) is 5.74. The fraction of sp³-hybridized carbons (Fsp3) is 0.143. The van der Waals surface area contributed by atoms with E-state index in [-0.39, 0.29) is 68.9 Å². The minimum atomic E-state index is -4.46. The van der Waals surface area contributed by atoms with Crippen molar-refractivity contribution in [2.75, 3.05) is 11.5 Å². The van der Waals surface area contributed by atoms with E-state index in [2.05, 4.69) is 0 Å². The summed E-state index contributed by atoms with van der Waals surface area (Å²) in [5.74, 6) is 0. The molecule has 8 nitrogen and oxygen atoms in total. The number of nitrogens with two attached hydrogens (primary N) is 2. The minimum Gasteiger partial charge on any atom is -0.744 e. The van der Waals surface area contributed by atoms with Crippen LogP contribution in [-0.4, -0.2) is 63.7 Å². The van der Waals surface area contributed by atoms with Crippen LogP contribution in [0.5, 0.6) is 0 Å². The van der Waals surface area contributed by atoms with Crippen molar-refractivity contribution in [3.05, 3.63) is 45.4 Å². The van der Waals surface area contributed by atoms with Crippen molar-refractivity contribution in [1.29, 1.82) is 0 Å². The fourth-order valence-corrected chi connectivity index (χ4v) is 3.80. The van der Waals surface area contributed by atoms with Gasteiger partial charge >= 0.3 is 37.7 Å². The van der Waals surface area contributed by atoms with Crippen molar-refractivity contribution in [3.63, 3.8) is 0 Å². The molecule has 13 heteroatoms. The molecular weight excluding hydrogens is 467 g/mol. The van der Waals surface area contributed by atoms with Crippen molar-refractivity contribution in [2.45, 2.75) is 23.6 Å². The molecule has 0 heterocycles. The van der Waals surface area contributed by atoms with Crippen LogP contribution in [0.1, 0.15) is 11.1 Å². The van der Waals surface area contributed by atoms with E-state index in [9.17, 15) is 25.9 Å². The molecule has 0 atom stereocenters. The van der Waals surface area contributed by atoms with Gasteiger partial charge in [0.1, 0.15) is 20.2 Å². The summed E-state index contributed by atoms with van der Waals surface area (Å²) in [6, 6.07) is 4.84. The van der Waals surface area contributed by atoms with Crippen molar-refractivity contribution in [3.8, 4) is 0 Å². The molecule has 0 spiro atoms. The molecule has 0 saturated heterocycles. The molecular formula is C14H14CaCl2N2O6S2. The molecule has 0 aromatic heterocycles. The molecule has 0 saturated carbocycles. The fourth-order valence-electron chi connectivity index (χ4n) is 1.91. The molecule has 2 aromatic rings. The van der Waals surface area contributed by atoms with Gasteiger partial charge in [-0.25, -0.2) is 16.8 Å². The second-order valence-corrected chi connectivity index (χ2v) is 8.70. The van der Waals surface area contributed by atoms with E-state index >= 15 is 0 Å². The third-order valence-electron chi connectivity index (χ3n) is 3.13. The Balaban J connectivity index is 0.000000483. The molecule has 0 fully saturated rings. The van der Waals surface area contributed by atoms with Gasteiger partial charge < -0.3 is 20.6 Å². The van der Waals surface area contributed by atoms with E-state index < -0.39 is 20.2 Å². The van der Waals surface area contributed by atoms with Crippen molar-refractivity contribution < 1.29 is 25.9 Å². The Hall–Kier alpha value is -0.300. The van der Waals surface area contributed by atoms with Crippen molar-refractivity contribution in [1.82, 2.24) is 0 Å². The van der Waals surface area contributed by atoms with Crippen LogP contribution in [0, 0.1) is 13.8 Å². The Morgan fingerprint density at radius 2 is 1.00 bits per heavy atom. The molecule has 0 aliphatic rings. The van der Waals surface area contributed by atoms with Gasteiger partial charge in [-0.3, -0.25) is 0 Å². The van der Waals surface area contributed by atoms with Crippen molar-refractivity contribution >= 4 is 92.6 Å². The van der Waals surface area contributed by atoms with Gasteiger partial charge in [0.05, 0.1) is 31.2 Å². The van der Waals surface area contributed by atoms with E-state index in [4.69, 9.17) is 34.7 Å². The van der Waals surface area contributed by atoms with E-state index in [1.54, 1.807) is 0 Å². The van der Waals surface area contributed by atoms with Crippen LogP contribution in [0.25, 0.3) is 0 Å². The predicted octanol–water partition coefficient (Wildman–Crippen LogP) is 1.89. The Morgan fingerprint density at radius 3 is 1.22 bits per heavy atom. The summed E-state index contributed by atoms with van der Waals surface area (Å²) in [5.41, 5.74) is 11.9. The van der Waals surface area contributed by atoms with Gasteiger partial charge in [0, 0.05) is 0 Å². The number of halogens is 2. The van der Waals surface area contributed by atoms with Crippen LogP contribution in [0.2, 0.25) is 10.0 Å². The Bertz CT molecular complexity index is 974. The summed E-state index contributed by atoms with van der Waals surface area (Å²) in [4.78, 5) is -0.654. The number of rotatable bonds is 2. The molecule has 0 bridgehead atoms. The number of aryl methyl sites for hydroxylation is 2. The first-order valence-electron chi connectivity index (χ1n) is 6.67. The molecule has 2 aromatic carbocycles. The zero-order valence-electron chi connectivity index (χ0n) is 14.2. The summed E-state index contributed by atoms with van der Waals surface area (Å²) in [7, 11) is -8.93. The van der Waals surface area contributed by atoms with Crippen molar-refractivity contribution in [2.24, 2.45) is 0 Å². The molecule has 27 heavy (non-hydrogen) atoms. The number of hydrogen-bond acceptors (Lipinski definition) is 8. The van der Waals surface area contributed by atoms with Crippen LogP contribution in [0.4, 0.5) is 11.4 Å². The average Bonchev–Trinajstić information content (AvgIpc) is 2.45. The average molecular weight is 481 g/mol. The Morgan fingerprint density at radius 1 is 0.741 bits per heavy atom. The third kappa shape index (κ3) is 7.56. The monoisotopic (exact) mass is 480 g/mol. The molecule has 144 valence electrons. The number of benzene rings is 2. The smallest absolute Gasteiger partial charge is 0.744 e. The second kappa shape index (κ2) is 9.95. The Kier molecular flexibility index (Phi) is 9.84. The molecule has 4 N–H and O–H groups in total. The number of nitrogen functional groups attached to an aromatic ring is 2. The van der Waals surface area contributed by atoms with Gasteiger partial charge in [0.2, 0.25) is 0 Å². The maximum absolute atomic E-state index is 10.7.